The first-order valence-electron chi connectivity index (χ1n) is 4.18. The van der Waals surface area contributed by atoms with Crippen molar-refractivity contribution in [1.82, 2.24) is 9.97 Å². The van der Waals surface area contributed by atoms with E-state index in [9.17, 15) is 4.79 Å². The van der Waals surface area contributed by atoms with Gasteiger partial charge >= 0.3 is 86.3 Å². The Morgan fingerprint density at radius 1 is 1.64 bits per heavy atom. The molecule has 0 atom stereocenters. The summed E-state index contributed by atoms with van der Waals surface area (Å²) < 4.78 is 6.59. The number of esters is 1. The third-order valence-electron chi connectivity index (χ3n) is 1.67. The Bertz CT molecular complexity index is 434. The van der Waals surface area contributed by atoms with Gasteiger partial charge in [-0.3, -0.25) is 0 Å². The van der Waals surface area contributed by atoms with E-state index in [2.05, 4.69) is 9.97 Å². The van der Waals surface area contributed by atoms with Gasteiger partial charge in [0.1, 0.15) is 0 Å². The van der Waals surface area contributed by atoms with Crippen molar-refractivity contribution in [2.45, 2.75) is 6.92 Å². The fraction of sp³-hybridized carbons (Fsp3) is 0.222. The van der Waals surface area contributed by atoms with Gasteiger partial charge in [0, 0.05) is 0 Å². The molecular formula is C9H8N2O2Se. The maximum absolute atomic E-state index is 11.4. The fourth-order valence-corrected chi connectivity index (χ4v) is 2.91. The van der Waals surface area contributed by atoms with Crippen LogP contribution in [0.5, 0.6) is 0 Å². The average molecular weight is 255 g/mol. The summed E-state index contributed by atoms with van der Waals surface area (Å²) in [6.45, 7) is 2.21. The molecule has 14 heavy (non-hydrogen) atoms. The molecular weight excluding hydrogens is 247 g/mol. The predicted molar refractivity (Wildman–Crippen MR) is 52.4 cm³/mol. The minimum atomic E-state index is -0.231. The molecule has 0 radical (unpaired) electrons. The monoisotopic (exact) mass is 256 g/mol. The first-order valence-corrected chi connectivity index (χ1v) is 5.89. The van der Waals surface area contributed by atoms with Gasteiger partial charge in [-0.15, -0.1) is 0 Å². The van der Waals surface area contributed by atoms with Gasteiger partial charge in [-0.2, -0.15) is 0 Å². The first kappa shape index (κ1) is 9.37. The Balaban J connectivity index is 2.40. The fourth-order valence-electron chi connectivity index (χ4n) is 1.09. The zero-order valence-electron chi connectivity index (χ0n) is 7.56. The van der Waals surface area contributed by atoms with E-state index >= 15 is 0 Å². The number of hydrogen-bond acceptors (Lipinski definition) is 4. The molecule has 0 aliphatic rings. The molecule has 72 valence electrons. The SMILES string of the molecule is CCOC(=O)c1cc2cncnc2[se]1. The molecule has 0 amide bonds. The Kier molecular flexibility index (Phi) is 2.61. The Morgan fingerprint density at radius 2 is 2.50 bits per heavy atom. The molecule has 0 saturated carbocycles. The van der Waals surface area contributed by atoms with Crippen LogP contribution in [-0.4, -0.2) is 37.0 Å². The normalized spacial score (nSPS) is 10.4. The second-order valence-corrected chi connectivity index (χ2v) is 4.78. The molecule has 2 aromatic heterocycles. The van der Waals surface area contributed by atoms with E-state index < -0.39 is 0 Å². The summed E-state index contributed by atoms with van der Waals surface area (Å²) >= 11 is -0.0233. The quantitative estimate of drug-likeness (QED) is 0.590. The molecule has 4 nitrogen and oxygen atoms in total. The molecule has 0 aliphatic carbocycles. The van der Waals surface area contributed by atoms with E-state index in [1.54, 1.807) is 13.1 Å². The molecule has 0 saturated heterocycles. The molecule has 2 aromatic rings. The van der Waals surface area contributed by atoms with Crippen molar-refractivity contribution in [3.05, 3.63) is 23.0 Å². The Hall–Kier alpha value is -1.19. The van der Waals surface area contributed by atoms with Gasteiger partial charge in [-0.1, -0.05) is 0 Å². The summed E-state index contributed by atoms with van der Waals surface area (Å²) in [5.74, 6) is -0.231. The second kappa shape index (κ2) is 3.90. The molecule has 0 N–H and O–H groups in total. The van der Waals surface area contributed by atoms with E-state index in [-0.39, 0.29) is 20.5 Å². The number of carbonyl (C=O) groups excluding carboxylic acids is 1. The summed E-state index contributed by atoms with van der Waals surface area (Å²) in [5.41, 5.74) is 0. The van der Waals surface area contributed by atoms with Crippen molar-refractivity contribution >= 4 is 30.2 Å². The number of hydrogen-bond donors (Lipinski definition) is 0. The van der Waals surface area contributed by atoms with Gasteiger partial charge in [-0.05, 0) is 0 Å². The standard InChI is InChI=1S/C9H8N2O2Se/c1-2-13-9(12)7-3-6-4-10-5-11-8(6)14-7/h3-5H,2H2,1H3. The van der Waals surface area contributed by atoms with Crippen LogP contribution >= 0.6 is 0 Å². The Labute approximate surface area is 86.7 Å². The van der Waals surface area contributed by atoms with Crippen LogP contribution in [0, 0.1) is 0 Å². The van der Waals surface area contributed by atoms with Gasteiger partial charge in [0.15, 0.2) is 0 Å². The number of nitrogens with zero attached hydrogens (tertiary/aromatic N) is 2. The third kappa shape index (κ3) is 1.69. The van der Waals surface area contributed by atoms with Crippen molar-refractivity contribution in [1.29, 1.82) is 0 Å². The van der Waals surface area contributed by atoms with Crippen LogP contribution in [0.25, 0.3) is 9.78 Å². The molecule has 0 fully saturated rings. The van der Waals surface area contributed by atoms with Crippen LogP contribution in [0.4, 0.5) is 0 Å². The molecule has 0 aromatic carbocycles. The predicted octanol–water partition coefficient (Wildman–Crippen LogP) is 0.863. The molecule has 0 unspecified atom stereocenters. The average Bonchev–Trinajstić information content (AvgIpc) is 2.61. The van der Waals surface area contributed by atoms with Crippen molar-refractivity contribution in [2.75, 3.05) is 6.61 Å². The van der Waals surface area contributed by atoms with Gasteiger partial charge in [0.25, 0.3) is 0 Å². The van der Waals surface area contributed by atoms with Gasteiger partial charge in [0.05, 0.1) is 0 Å². The molecule has 0 spiro atoms. The molecule has 2 rings (SSSR count). The van der Waals surface area contributed by atoms with Crippen molar-refractivity contribution in [3.63, 3.8) is 0 Å². The van der Waals surface area contributed by atoms with E-state index in [4.69, 9.17) is 4.74 Å². The van der Waals surface area contributed by atoms with Crippen molar-refractivity contribution in [3.8, 4) is 0 Å². The molecule has 2 heterocycles. The van der Waals surface area contributed by atoms with Crippen LogP contribution in [0.2, 0.25) is 0 Å². The molecule has 5 heteroatoms. The summed E-state index contributed by atoms with van der Waals surface area (Å²) in [6.07, 6.45) is 3.22. The van der Waals surface area contributed by atoms with E-state index in [1.807, 2.05) is 6.07 Å². The van der Waals surface area contributed by atoms with Crippen LogP contribution in [0.1, 0.15) is 16.2 Å². The van der Waals surface area contributed by atoms with Gasteiger partial charge in [0.2, 0.25) is 0 Å². The summed E-state index contributed by atoms with van der Waals surface area (Å²) in [4.78, 5) is 19.4. The zero-order chi connectivity index (χ0) is 9.97. The number of ether oxygens (including phenoxy) is 1. The van der Waals surface area contributed by atoms with Crippen LogP contribution in [0.3, 0.4) is 0 Å². The summed E-state index contributed by atoms with van der Waals surface area (Å²) in [5, 5.41) is 0.940. The third-order valence-corrected chi connectivity index (χ3v) is 3.85. The van der Waals surface area contributed by atoms with E-state index in [0.717, 1.165) is 14.2 Å². The molecule has 0 bridgehead atoms. The topological polar surface area (TPSA) is 52.1 Å². The number of aromatic nitrogens is 2. The Morgan fingerprint density at radius 3 is 3.21 bits per heavy atom. The maximum atomic E-state index is 11.4. The second-order valence-electron chi connectivity index (χ2n) is 2.61. The number of fused-ring (bicyclic) bond motifs is 1. The van der Waals surface area contributed by atoms with Crippen LogP contribution in [-0.2, 0) is 4.74 Å². The first-order chi connectivity index (χ1) is 6.81. The summed E-state index contributed by atoms with van der Waals surface area (Å²) in [7, 11) is 0. The number of rotatable bonds is 2. The minimum absolute atomic E-state index is 0.0233. The van der Waals surface area contributed by atoms with Gasteiger partial charge < -0.3 is 0 Å². The van der Waals surface area contributed by atoms with E-state index in [0.29, 0.717) is 6.61 Å². The van der Waals surface area contributed by atoms with Gasteiger partial charge in [-0.25, -0.2) is 0 Å². The molecule has 0 aliphatic heterocycles. The summed E-state index contributed by atoms with van der Waals surface area (Å²) in [6, 6.07) is 1.81. The van der Waals surface area contributed by atoms with Crippen LogP contribution < -0.4 is 0 Å². The van der Waals surface area contributed by atoms with Crippen LogP contribution in [0.15, 0.2) is 18.6 Å². The zero-order valence-corrected chi connectivity index (χ0v) is 9.27. The number of carbonyl (C=O) groups is 1. The van der Waals surface area contributed by atoms with Crippen molar-refractivity contribution in [2.24, 2.45) is 0 Å². The van der Waals surface area contributed by atoms with Crippen molar-refractivity contribution < 1.29 is 9.53 Å². The van der Waals surface area contributed by atoms with E-state index in [1.165, 1.54) is 6.33 Å².